The predicted octanol–water partition coefficient (Wildman–Crippen LogP) is 2.40. The number of imide groups is 1. The van der Waals surface area contributed by atoms with Crippen molar-refractivity contribution in [2.75, 3.05) is 6.54 Å². The zero-order chi connectivity index (χ0) is 20.5. The molecule has 1 N–H and O–H groups in total. The van der Waals surface area contributed by atoms with Gasteiger partial charge in [-0.1, -0.05) is 26.0 Å². The molecule has 1 aliphatic carbocycles. The molecule has 0 saturated carbocycles. The van der Waals surface area contributed by atoms with E-state index in [0.717, 1.165) is 24.2 Å². The highest BCUT2D eigenvalue weighted by Crippen LogP contribution is 2.25. The van der Waals surface area contributed by atoms with Crippen molar-refractivity contribution in [1.82, 2.24) is 10.2 Å². The van der Waals surface area contributed by atoms with E-state index in [4.69, 9.17) is 4.74 Å². The first-order valence-corrected chi connectivity index (χ1v) is 9.81. The normalized spacial score (nSPS) is 18.6. The van der Waals surface area contributed by atoms with E-state index in [9.17, 15) is 19.2 Å². The molecule has 7 heteroatoms. The highest BCUT2D eigenvalue weighted by molar-refractivity contribution is 6.09. The van der Waals surface area contributed by atoms with Crippen molar-refractivity contribution in [3.63, 3.8) is 0 Å². The Morgan fingerprint density at radius 1 is 1.18 bits per heavy atom. The number of carbonyl (C=O) groups is 4. The second-order valence-corrected chi connectivity index (χ2v) is 7.44. The molecule has 150 valence electrons. The van der Waals surface area contributed by atoms with Crippen LogP contribution in [0.25, 0.3) is 0 Å². The number of hydrogen-bond acceptors (Lipinski definition) is 5. The van der Waals surface area contributed by atoms with Gasteiger partial charge in [-0.15, -0.1) is 0 Å². The molecule has 1 aromatic carbocycles. The summed E-state index contributed by atoms with van der Waals surface area (Å²) in [5.41, 5.74) is 1.96. The van der Waals surface area contributed by atoms with Gasteiger partial charge in [-0.05, 0) is 56.2 Å². The van der Waals surface area contributed by atoms with Gasteiger partial charge in [-0.25, -0.2) is 4.79 Å². The van der Waals surface area contributed by atoms with Gasteiger partial charge < -0.3 is 10.1 Å². The van der Waals surface area contributed by atoms with Crippen LogP contribution in [0.1, 0.15) is 61.5 Å². The molecule has 0 aromatic heterocycles. The number of Topliss-reactive ketones (excluding diaryl/α,β-unsaturated/α-hetero) is 1. The quantitative estimate of drug-likeness (QED) is 0.441. The minimum Gasteiger partial charge on any atom is -0.453 e. The monoisotopic (exact) mass is 386 g/mol. The summed E-state index contributed by atoms with van der Waals surface area (Å²) < 4.78 is 5.22. The number of nitrogens with zero attached hydrogens (tertiary/aromatic N) is 1. The van der Waals surface area contributed by atoms with Crippen LogP contribution in [0.15, 0.2) is 18.2 Å². The first-order chi connectivity index (χ1) is 13.3. The van der Waals surface area contributed by atoms with E-state index in [0.29, 0.717) is 18.4 Å². The lowest BCUT2D eigenvalue weighted by molar-refractivity contribution is -0.150. The van der Waals surface area contributed by atoms with Crippen LogP contribution in [0.4, 0.5) is 4.79 Å². The molecule has 1 aromatic rings. The van der Waals surface area contributed by atoms with Crippen molar-refractivity contribution in [3.8, 4) is 0 Å². The standard InChI is InChI=1S/C21H26N2O5/c1-4-21(5-2)19(26)23(20(27)22-21)12-17(24)28-13(3)18(25)16-10-9-14-7-6-8-15(14)11-16/h9-11,13H,4-8,12H2,1-3H3,(H,22,27). The van der Waals surface area contributed by atoms with Crippen molar-refractivity contribution in [1.29, 1.82) is 0 Å². The van der Waals surface area contributed by atoms with Crippen molar-refractivity contribution >= 4 is 23.7 Å². The number of fused-ring (bicyclic) bond motifs is 1. The summed E-state index contributed by atoms with van der Waals surface area (Å²) >= 11 is 0. The Balaban J connectivity index is 1.62. The van der Waals surface area contributed by atoms with E-state index in [1.54, 1.807) is 19.9 Å². The number of urea groups is 1. The number of ether oxygens (including phenoxy) is 1. The van der Waals surface area contributed by atoms with Crippen LogP contribution in [0, 0.1) is 0 Å². The maximum atomic E-state index is 12.6. The zero-order valence-electron chi connectivity index (χ0n) is 16.5. The number of carbonyl (C=O) groups excluding carboxylic acids is 4. The highest BCUT2D eigenvalue weighted by Gasteiger charge is 2.49. The molecule has 1 heterocycles. The summed E-state index contributed by atoms with van der Waals surface area (Å²) in [5.74, 6) is -1.51. The molecule has 1 unspecified atom stereocenters. The Morgan fingerprint density at radius 3 is 2.50 bits per heavy atom. The molecule has 1 fully saturated rings. The van der Waals surface area contributed by atoms with E-state index < -0.39 is 36.1 Å². The van der Waals surface area contributed by atoms with Gasteiger partial charge in [-0.3, -0.25) is 19.3 Å². The molecule has 0 spiro atoms. The smallest absolute Gasteiger partial charge is 0.326 e. The Labute approximate surface area is 164 Å². The maximum Gasteiger partial charge on any atom is 0.326 e. The summed E-state index contributed by atoms with van der Waals surface area (Å²) in [6.45, 7) is 4.61. The van der Waals surface area contributed by atoms with Crippen LogP contribution in [-0.2, 0) is 27.2 Å². The second kappa shape index (κ2) is 7.73. The average molecular weight is 386 g/mol. The van der Waals surface area contributed by atoms with Crippen LogP contribution in [-0.4, -0.2) is 46.8 Å². The highest BCUT2D eigenvalue weighted by atomic mass is 16.5. The third-order valence-corrected chi connectivity index (χ3v) is 5.80. The second-order valence-electron chi connectivity index (χ2n) is 7.44. The molecule has 0 bridgehead atoms. The molecule has 2 aliphatic rings. The SMILES string of the molecule is CCC1(CC)NC(=O)N(CC(=O)OC(C)C(=O)c2ccc3c(c2)CCC3)C1=O. The lowest BCUT2D eigenvalue weighted by Gasteiger charge is -2.23. The molecule has 3 rings (SSSR count). The maximum absolute atomic E-state index is 12.6. The third-order valence-electron chi connectivity index (χ3n) is 5.80. The van der Waals surface area contributed by atoms with Gasteiger partial charge in [0.1, 0.15) is 12.1 Å². The summed E-state index contributed by atoms with van der Waals surface area (Å²) in [6.07, 6.45) is 2.94. The molecular formula is C21H26N2O5. The van der Waals surface area contributed by atoms with Crippen molar-refractivity contribution in [2.45, 2.75) is 64.5 Å². The fourth-order valence-corrected chi connectivity index (χ4v) is 3.93. The minimum absolute atomic E-state index is 0.295. The largest absolute Gasteiger partial charge is 0.453 e. The van der Waals surface area contributed by atoms with Gasteiger partial charge in [0.2, 0.25) is 5.78 Å². The Bertz CT molecular complexity index is 828. The van der Waals surface area contributed by atoms with Gasteiger partial charge in [-0.2, -0.15) is 0 Å². The van der Waals surface area contributed by atoms with Gasteiger partial charge >= 0.3 is 12.0 Å². The van der Waals surface area contributed by atoms with Crippen molar-refractivity contribution < 1.29 is 23.9 Å². The van der Waals surface area contributed by atoms with Gasteiger partial charge in [0, 0.05) is 5.56 Å². The number of rotatable bonds is 7. The Morgan fingerprint density at radius 2 is 1.86 bits per heavy atom. The van der Waals surface area contributed by atoms with Gasteiger partial charge in [0.25, 0.3) is 5.91 Å². The lowest BCUT2D eigenvalue weighted by atomic mass is 9.93. The molecule has 1 saturated heterocycles. The van der Waals surface area contributed by atoms with Crippen molar-refractivity contribution in [2.24, 2.45) is 0 Å². The van der Waals surface area contributed by atoms with E-state index in [2.05, 4.69) is 5.32 Å². The van der Waals surface area contributed by atoms with Crippen LogP contribution < -0.4 is 5.32 Å². The van der Waals surface area contributed by atoms with Gasteiger partial charge in [0.15, 0.2) is 6.10 Å². The molecule has 3 amide bonds. The molecular weight excluding hydrogens is 360 g/mol. The van der Waals surface area contributed by atoms with Crippen LogP contribution in [0.2, 0.25) is 0 Å². The first-order valence-electron chi connectivity index (χ1n) is 9.81. The number of amides is 3. The number of ketones is 1. The molecule has 1 atom stereocenters. The number of nitrogens with one attached hydrogen (secondary N) is 1. The number of aryl methyl sites for hydroxylation is 2. The van der Waals surface area contributed by atoms with Crippen LogP contribution in [0.5, 0.6) is 0 Å². The third kappa shape index (κ3) is 3.53. The van der Waals surface area contributed by atoms with Gasteiger partial charge in [0.05, 0.1) is 0 Å². The lowest BCUT2D eigenvalue weighted by Crippen LogP contribution is -2.46. The molecule has 1 aliphatic heterocycles. The van der Waals surface area contributed by atoms with E-state index in [1.165, 1.54) is 18.1 Å². The zero-order valence-corrected chi connectivity index (χ0v) is 16.5. The summed E-state index contributed by atoms with van der Waals surface area (Å²) in [4.78, 5) is 50.4. The predicted molar refractivity (Wildman–Crippen MR) is 102 cm³/mol. The summed E-state index contributed by atoms with van der Waals surface area (Å²) in [6, 6.07) is 4.96. The van der Waals surface area contributed by atoms with Crippen LogP contribution in [0.3, 0.4) is 0 Å². The average Bonchev–Trinajstić information content (AvgIpc) is 3.24. The van der Waals surface area contributed by atoms with E-state index >= 15 is 0 Å². The minimum atomic E-state index is -0.991. The van der Waals surface area contributed by atoms with Crippen LogP contribution >= 0.6 is 0 Å². The fourth-order valence-electron chi connectivity index (χ4n) is 3.93. The van der Waals surface area contributed by atoms with E-state index in [-0.39, 0.29) is 5.78 Å². The summed E-state index contributed by atoms with van der Waals surface area (Å²) in [7, 11) is 0. The van der Waals surface area contributed by atoms with Crippen molar-refractivity contribution in [3.05, 3.63) is 34.9 Å². The number of benzene rings is 1. The Kier molecular flexibility index (Phi) is 5.54. The number of esters is 1. The Hall–Kier alpha value is -2.70. The summed E-state index contributed by atoms with van der Waals surface area (Å²) in [5, 5.41) is 2.66. The first kappa shape index (κ1) is 20.0. The number of hydrogen-bond donors (Lipinski definition) is 1. The molecule has 0 radical (unpaired) electrons. The molecule has 7 nitrogen and oxygen atoms in total. The van der Waals surface area contributed by atoms with E-state index in [1.807, 2.05) is 12.1 Å². The topological polar surface area (TPSA) is 92.8 Å². The fraction of sp³-hybridized carbons (Fsp3) is 0.524. The molecule has 28 heavy (non-hydrogen) atoms.